The van der Waals surface area contributed by atoms with Crippen LogP contribution in [0.2, 0.25) is 10.0 Å². The van der Waals surface area contributed by atoms with E-state index in [2.05, 4.69) is 5.92 Å². The summed E-state index contributed by atoms with van der Waals surface area (Å²) < 4.78 is 5.29. The van der Waals surface area contributed by atoms with Gasteiger partial charge in [0.2, 0.25) is 0 Å². The maximum Gasteiger partial charge on any atom is 0.293 e. The molecule has 1 heterocycles. The second-order valence-corrected chi connectivity index (χ2v) is 7.81. The SMILES string of the molecule is C#CCOc1c(Cl)cc(C=C2SC(=O)N(Cc3cccc([N+](=O)[O-])c3)C2=O)cc1Cl. The molecule has 2 aromatic carbocycles. The van der Waals surface area contributed by atoms with E-state index in [1.807, 2.05) is 0 Å². The number of imide groups is 1. The van der Waals surface area contributed by atoms with Crippen LogP contribution in [0.1, 0.15) is 11.1 Å². The number of hydrogen-bond acceptors (Lipinski definition) is 6. The first kappa shape index (κ1) is 21.7. The van der Waals surface area contributed by atoms with Gasteiger partial charge >= 0.3 is 0 Å². The van der Waals surface area contributed by atoms with E-state index in [0.29, 0.717) is 11.1 Å². The summed E-state index contributed by atoms with van der Waals surface area (Å²) in [5.74, 6) is 2.02. The number of nitro benzene ring substituents is 1. The Bertz CT molecular complexity index is 1100. The molecule has 10 heteroatoms. The number of halogens is 2. The Morgan fingerprint density at radius 1 is 1.23 bits per heavy atom. The monoisotopic (exact) mass is 462 g/mol. The van der Waals surface area contributed by atoms with E-state index in [1.54, 1.807) is 6.07 Å². The number of thioether (sulfide) groups is 1. The molecule has 0 N–H and O–H groups in total. The van der Waals surface area contributed by atoms with Crippen molar-refractivity contribution in [2.75, 3.05) is 6.61 Å². The van der Waals surface area contributed by atoms with Crippen molar-refractivity contribution < 1.29 is 19.2 Å². The van der Waals surface area contributed by atoms with Crippen LogP contribution in [0.3, 0.4) is 0 Å². The van der Waals surface area contributed by atoms with Gasteiger partial charge in [0.1, 0.15) is 6.61 Å². The number of amides is 2. The summed E-state index contributed by atoms with van der Waals surface area (Å²) in [7, 11) is 0. The molecule has 0 spiro atoms. The van der Waals surface area contributed by atoms with Crippen LogP contribution in [0.5, 0.6) is 5.75 Å². The molecule has 0 saturated carbocycles. The predicted octanol–water partition coefficient (Wildman–Crippen LogP) is 5.15. The second kappa shape index (κ2) is 9.22. The molecule has 1 saturated heterocycles. The van der Waals surface area contributed by atoms with Crippen LogP contribution in [0.15, 0.2) is 41.3 Å². The van der Waals surface area contributed by atoms with Crippen LogP contribution in [0.4, 0.5) is 10.5 Å². The Kier molecular flexibility index (Phi) is 6.67. The van der Waals surface area contributed by atoms with E-state index < -0.39 is 16.1 Å². The molecule has 152 valence electrons. The van der Waals surface area contributed by atoms with E-state index in [0.717, 1.165) is 16.7 Å². The maximum atomic E-state index is 12.7. The molecule has 1 aliphatic heterocycles. The molecule has 3 rings (SSSR count). The Hall–Kier alpha value is -2.99. The molecule has 1 fully saturated rings. The molecule has 0 aliphatic carbocycles. The fourth-order valence-corrected chi connectivity index (χ4v) is 4.10. The van der Waals surface area contributed by atoms with Crippen molar-refractivity contribution >= 4 is 57.9 Å². The van der Waals surface area contributed by atoms with Gasteiger partial charge in [-0.05, 0) is 41.1 Å². The number of terminal acetylenes is 1. The molecule has 0 radical (unpaired) electrons. The average Bonchev–Trinajstić information content (AvgIpc) is 2.95. The van der Waals surface area contributed by atoms with E-state index in [1.165, 1.54) is 36.4 Å². The van der Waals surface area contributed by atoms with Crippen LogP contribution >= 0.6 is 35.0 Å². The number of hydrogen-bond donors (Lipinski definition) is 0. The lowest BCUT2D eigenvalue weighted by Crippen LogP contribution is -2.27. The van der Waals surface area contributed by atoms with Crippen LogP contribution < -0.4 is 4.74 Å². The summed E-state index contributed by atoms with van der Waals surface area (Å²) in [6.45, 7) is -0.0839. The van der Waals surface area contributed by atoms with Gasteiger partial charge in [-0.3, -0.25) is 24.6 Å². The maximum absolute atomic E-state index is 12.7. The highest BCUT2D eigenvalue weighted by Gasteiger charge is 2.35. The fourth-order valence-electron chi connectivity index (χ4n) is 2.65. The van der Waals surface area contributed by atoms with Gasteiger partial charge in [0.05, 0.1) is 26.4 Å². The number of rotatable bonds is 6. The molecule has 1 aliphatic rings. The fraction of sp³-hybridized carbons (Fsp3) is 0.100. The average molecular weight is 463 g/mol. The third-order valence-corrected chi connectivity index (χ3v) is 5.42. The topological polar surface area (TPSA) is 89.8 Å². The zero-order valence-corrected chi connectivity index (χ0v) is 17.5. The number of benzene rings is 2. The van der Waals surface area contributed by atoms with Crippen molar-refractivity contribution in [3.05, 3.63) is 72.6 Å². The molecule has 2 amide bonds. The third kappa shape index (κ3) is 4.76. The molecule has 0 atom stereocenters. The first-order chi connectivity index (χ1) is 14.3. The van der Waals surface area contributed by atoms with Gasteiger partial charge in [-0.15, -0.1) is 6.42 Å². The van der Waals surface area contributed by atoms with Gasteiger partial charge in [-0.25, -0.2) is 0 Å². The Morgan fingerprint density at radius 3 is 2.57 bits per heavy atom. The number of non-ortho nitro benzene ring substituents is 1. The van der Waals surface area contributed by atoms with Crippen molar-refractivity contribution in [3.63, 3.8) is 0 Å². The zero-order valence-electron chi connectivity index (χ0n) is 15.1. The van der Waals surface area contributed by atoms with E-state index >= 15 is 0 Å². The Labute approximate surface area is 185 Å². The van der Waals surface area contributed by atoms with Crippen molar-refractivity contribution in [1.29, 1.82) is 0 Å². The van der Waals surface area contributed by atoms with Crippen molar-refractivity contribution in [3.8, 4) is 18.1 Å². The van der Waals surface area contributed by atoms with Crippen LogP contribution in [0, 0.1) is 22.5 Å². The van der Waals surface area contributed by atoms with Gasteiger partial charge in [-0.2, -0.15) is 0 Å². The molecule has 0 bridgehead atoms. The summed E-state index contributed by atoms with van der Waals surface area (Å²) >= 11 is 13.1. The molecule has 2 aromatic rings. The van der Waals surface area contributed by atoms with Crippen LogP contribution in [-0.4, -0.2) is 27.6 Å². The summed E-state index contributed by atoms with van der Waals surface area (Å²) in [5, 5.41) is 10.8. The summed E-state index contributed by atoms with van der Waals surface area (Å²) in [6.07, 6.45) is 6.64. The largest absolute Gasteiger partial charge is 0.478 e. The zero-order chi connectivity index (χ0) is 21.8. The molecule has 0 aromatic heterocycles. The third-order valence-electron chi connectivity index (χ3n) is 3.95. The Balaban J connectivity index is 1.82. The minimum Gasteiger partial charge on any atom is -0.478 e. The lowest BCUT2D eigenvalue weighted by Gasteiger charge is -2.12. The van der Waals surface area contributed by atoms with Gasteiger partial charge < -0.3 is 4.74 Å². The number of carbonyl (C=O) groups is 2. The first-order valence-electron chi connectivity index (χ1n) is 8.34. The van der Waals surface area contributed by atoms with E-state index in [9.17, 15) is 19.7 Å². The number of ether oxygens (including phenoxy) is 1. The number of carbonyl (C=O) groups excluding carboxylic acids is 2. The lowest BCUT2D eigenvalue weighted by molar-refractivity contribution is -0.384. The van der Waals surface area contributed by atoms with Crippen LogP contribution in [-0.2, 0) is 11.3 Å². The minimum absolute atomic E-state index is 0.00464. The molecular formula is C20H12Cl2N2O5S. The molecule has 30 heavy (non-hydrogen) atoms. The lowest BCUT2D eigenvalue weighted by atomic mass is 10.1. The van der Waals surface area contributed by atoms with Gasteiger partial charge in [-0.1, -0.05) is 41.3 Å². The van der Waals surface area contributed by atoms with Crippen molar-refractivity contribution in [2.24, 2.45) is 0 Å². The van der Waals surface area contributed by atoms with E-state index in [-0.39, 0.29) is 39.5 Å². The molecule has 0 unspecified atom stereocenters. The number of nitro groups is 1. The van der Waals surface area contributed by atoms with E-state index in [4.69, 9.17) is 34.4 Å². The van der Waals surface area contributed by atoms with Crippen molar-refractivity contribution in [1.82, 2.24) is 4.90 Å². The minimum atomic E-state index is -0.540. The normalized spacial score (nSPS) is 14.8. The highest BCUT2D eigenvalue weighted by Crippen LogP contribution is 2.37. The van der Waals surface area contributed by atoms with Gasteiger partial charge in [0.25, 0.3) is 16.8 Å². The van der Waals surface area contributed by atoms with Crippen LogP contribution in [0.25, 0.3) is 6.08 Å². The highest BCUT2D eigenvalue weighted by molar-refractivity contribution is 8.18. The summed E-state index contributed by atoms with van der Waals surface area (Å²) in [4.78, 5) is 36.6. The predicted molar refractivity (Wildman–Crippen MR) is 115 cm³/mol. The standard InChI is InChI=1S/C20H12Cl2N2O5S/c1-2-6-29-18-15(21)8-13(9-16(18)22)10-17-19(25)23(20(26)30-17)11-12-4-3-5-14(7-12)24(27)28/h1,3-5,7-10H,6,11H2. The van der Waals surface area contributed by atoms with Gasteiger partial charge in [0, 0.05) is 12.1 Å². The molecular weight excluding hydrogens is 451 g/mol. The quantitative estimate of drug-likeness (QED) is 0.255. The first-order valence-corrected chi connectivity index (χ1v) is 9.91. The summed E-state index contributed by atoms with van der Waals surface area (Å²) in [6, 6.07) is 8.83. The highest BCUT2D eigenvalue weighted by atomic mass is 35.5. The smallest absolute Gasteiger partial charge is 0.293 e. The second-order valence-electron chi connectivity index (χ2n) is 6.00. The van der Waals surface area contributed by atoms with Crippen molar-refractivity contribution in [2.45, 2.75) is 6.54 Å². The Morgan fingerprint density at radius 2 is 1.93 bits per heavy atom. The molecule has 7 nitrogen and oxygen atoms in total. The summed E-state index contributed by atoms with van der Waals surface area (Å²) in [5.41, 5.74) is 0.846. The number of nitrogens with zero attached hydrogens (tertiary/aromatic N) is 2. The van der Waals surface area contributed by atoms with Gasteiger partial charge in [0.15, 0.2) is 5.75 Å².